The second kappa shape index (κ2) is 9.34. The maximum absolute atomic E-state index is 6.06. The highest BCUT2D eigenvalue weighted by Gasteiger charge is 2.21. The fourth-order valence-corrected chi connectivity index (χ4v) is 2.83. The average Bonchev–Trinajstić information content (AvgIpc) is 2.64. The lowest BCUT2D eigenvalue weighted by molar-refractivity contribution is 0.174. The minimum absolute atomic E-state index is 0.336. The molecule has 146 valence electrons. The van der Waals surface area contributed by atoms with E-state index in [1.807, 2.05) is 45.9 Å². The zero-order valence-electron chi connectivity index (χ0n) is 16.7. The summed E-state index contributed by atoms with van der Waals surface area (Å²) in [6, 6.07) is 5.79. The van der Waals surface area contributed by atoms with E-state index in [0.29, 0.717) is 17.3 Å². The summed E-state index contributed by atoms with van der Waals surface area (Å²) in [4.78, 5) is 10.0. The highest BCUT2D eigenvalue weighted by Crippen LogP contribution is 2.25. The number of aromatic nitrogens is 1. The van der Waals surface area contributed by atoms with Gasteiger partial charge in [0.2, 0.25) is 0 Å². The number of aryl methyl sites for hydroxylation is 1. The van der Waals surface area contributed by atoms with Gasteiger partial charge in [-0.3, -0.25) is 4.98 Å². The van der Waals surface area contributed by atoms with Crippen molar-refractivity contribution in [3.63, 3.8) is 0 Å². The number of fused-ring (bicyclic) bond motifs is 1. The number of thiocarbonyl (C=S) groups is 1. The Morgan fingerprint density at radius 1 is 1.46 bits per heavy atom. The van der Waals surface area contributed by atoms with Gasteiger partial charge >= 0.3 is 0 Å². The van der Waals surface area contributed by atoms with Crippen LogP contribution in [-0.2, 0) is 4.84 Å². The van der Waals surface area contributed by atoms with Crippen LogP contribution >= 0.6 is 12.2 Å². The number of hydrogen-bond donors (Lipinski definition) is 1. The Balaban J connectivity index is 2.10. The van der Waals surface area contributed by atoms with Crippen LogP contribution < -0.4 is 10.1 Å². The van der Waals surface area contributed by atoms with Crippen molar-refractivity contribution < 1.29 is 9.57 Å². The van der Waals surface area contributed by atoms with Gasteiger partial charge in [0, 0.05) is 17.1 Å². The van der Waals surface area contributed by atoms with Gasteiger partial charge in [0.05, 0.1) is 17.3 Å². The third kappa shape index (κ3) is 5.80. The largest absolute Gasteiger partial charge is 0.484 e. The second-order valence-corrected chi connectivity index (χ2v) is 7.41. The molecule has 0 saturated heterocycles. The number of hydrogen-bond acceptors (Lipinski definition) is 5. The molecule has 0 amide bonds. The molecule has 0 aliphatic carbocycles. The van der Waals surface area contributed by atoms with Crippen molar-refractivity contribution in [2.45, 2.75) is 39.3 Å². The zero-order chi connectivity index (χ0) is 20.7. The van der Waals surface area contributed by atoms with E-state index in [2.05, 4.69) is 28.0 Å². The Labute approximate surface area is 171 Å². The molecule has 0 aliphatic rings. The lowest BCUT2D eigenvalue weighted by Gasteiger charge is -2.26. The van der Waals surface area contributed by atoms with Gasteiger partial charge in [0.15, 0.2) is 0 Å². The number of rotatable bonds is 8. The number of nitrogens with one attached hydrogen (secondary N) is 1. The Kier molecular flexibility index (Phi) is 7.13. The van der Waals surface area contributed by atoms with E-state index >= 15 is 0 Å². The molecule has 0 fully saturated rings. The number of pyridine rings is 1. The van der Waals surface area contributed by atoms with Crippen LogP contribution in [-0.4, -0.2) is 34.4 Å². The molecule has 0 saturated carbocycles. The summed E-state index contributed by atoms with van der Waals surface area (Å²) in [7, 11) is 0. The summed E-state index contributed by atoms with van der Waals surface area (Å²) < 4.78 is 6.06. The molecular formula is C22H25N3O2S. The van der Waals surface area contributed by atoms with Crippen LogP contribution in [0.5, 0.6) is 5.75 Å². The molecule has 1 atom stereocenters. The second-order valence-electron chi connectivity index (χ2n) is 6.97. The average molecular weight is 396 g/mol. The molecular weight excluding hydrogens is 370 g/mol. The summed E-state index contributed by atoms with van der Waals surface area (Å²) >= 11 is 5.50. The van der Waals surface area contributed by atoms with Crippen LogP contribution in [0.25, 0.3) is 10.9 Å². The topological polar surface area (TPSA) is 55.7 Å². The minimum Gasteiger partial charge on any atom is -0.484 e. The first-order valence-electron chi connectivity index (χ1n) is 8.89. The smallest absolute Gasteiger partial charge is 0.146 e. The van der Waals surface area contributed by atoms with Gasteiger partial charge in [-0.05, 0) is 51.5 Å². The Hall–Kier alpha value is -2.91. The number of terminal acetylenes is 1. The maximum Gasteiger partial charge on any atom is 0.146 e. The summed E-state index contributed by atoms with van der Waals surface area (Å²) in [6.45, 7) is 11.7. The zero-order valence-corrected chi connectivity index (χ0v) is 17.5. The van der Waals surface area contributed by atoms with E-state index < -0.39 is 5.54 Å². The highest BCUT2D eigenvalue weighted by molar-refractivity contribution is 7.80. The quantitative estimate of drug-likeness (QED) is 0.182. The SMILES string of the molecule is C#Cc1cnc2c(C)cc(OC(C)C(=S)NC(C)(C)C=NOCC=C)cc2c1. The molecule has 5 nitrogen and oxygen atoms in total. The molecule has 28 heavy (non-hydrogen) atoms. The van der Waals surface area contributed by atoms with Gasteiger partial charge in [-0.2, -0.15) is 0 Å². The highest BCUT2D eigenvalue weighted by atomic mass is 32.1. The number of nitrogens with zero attached hydrogens (tertiary/aromatic N) is 2. The van der Waals surface area contributed by atoms with E-state index in [0.717, 1.165) is 22.0 Å². The number of ether oxygens (including phenoxy) is 1. The van der Waals surface area contributed by atoms with Gasteiger partial charge in [0.25, 0.3) is 0 Å². The van der Waals surface area contributed by atoms with Crippen LogP contribution in [0.3, 0.4) is 0 Å². The molecule has 1 N–H and O–H groups in total. The van der Waals surface area contributed by atoms with Crippen molar-refractivity contribution in [1.82, 2.24) is 10.3 Å². The first-order valence-corrected chi connectivity index (χ1v) is 9.29. The first-order chi connectivity index (χ1) is 13.3. The fraction of sp³-hybridized carbons (Fsp3) is 0.318. The van der Waals surface area contributed by atoms with Crippen LogP contribution in [0.1, 0.15) is 31.9 Å². The van der Waals surface area contributed by atoms with Crippen molar-refractivity contribution in [2.24, 2.45) is 5.16 Å². The molecule has 0 bridgehead atoms. The summed E-state index contributed by atoms with van der Waals surface area (Å²) in [5, 5.41) is 8.08. The van der Waals surface area contributed by atoms with Gasteiger partial charge in [0.1, 0.15) is 23.4 Å². The number of benzene rings is 1. The van der Waals surface area contributed by atoms with Gasteiger partial charge in [-0.15, -0.1) is 6.42 Å². The molecule has 1 heterocycles. The molecule has 2 rings (SSSR count). The molecule has 1 aromatic heterocycles. The monoisotopic (exact) mass is 395 g/mol. The maximum atomic E-state index is 6.06. The molecule has 6 heteroatoms. The van der Waals surface area contributed by atoms with Crippen LogP contribution in [0.4, 0.5) is 0 Å². The van der Waals surface area contributed by atoms with Crippen LogP contribution in [0.15, 0.2) is 42.2 Å². The van der Waals surface area contributed by atoms with Gasteiger partial charge in [-0.25, -0.2) is 0 Å². The Morgan fingerprint density at radius 3 is 2.89 bits per heavy atom. The van der Waals surface area contributed by atoms with E-state index in [-0.39, 0.29) is 6.10 Å². The van der Waals surface area contributed by atoms with Crippen molar-refractivity contribution in [3.8, 4) is 18.1 Å². The lowest BCUT2D eigenvalue weighted by atomic mass is 10.1. The Bertz CT molecular complexity index is 945. The van der Waals surface area contributed by atoms with E-state index in [1.165, 1.54) is 0 Å². The predicted molar refractivity (Wildman–Crippen MR) is 119 cm³/mol. The molecule has 1 unspecified atom stereocenters. The van der Waals surface area contributed by atoms with E-state index in [9.17, 15) is 0 Å². The third-order valence-electron chi connectivity index (χ3n) is 3.88. The summed E-state index contributed by atoms with van der Waals surface area (Å²) in [5.41, 5.74) is 2.15. The first kappa shape index (κ1) is 21.4. The lowest BCUT2D eigenvalue weighted by Crippen LogP contribution is -2.48. The minimum atomic E-state index is -0.485. The molecule has 0 spiro atoms. The van der Waals surface area contributed by atoms with E-state index in [4.69, 9.17) is 28.2 Å². The van der Waals surface area contributed by atoms with Crippen molar-refractivity contribution >= 4 is 34.3 Å². The molecule has 0 radical (unpaired) electrons. The number of oxime groups is 1. The van der Waals surface area contributed by atoms with Crippen LogP contribution in [0, 0.1) is 19.3 Å². The van der Waals surface area contributed by atoms with Gasteiger partial charge in [-0.1, -0.05) is 35.9 Å². The Morgan fingerprint density at radius 2 is 2.21 bits per heavy atom. The standard InChI is InChI=1S/C22H25N3O2S/c1-7-9-26-24-14-22(5,6)25-21(28)16(4)27-19-10-15(3)20-18(12-19)11-17(8-2)13-23-20/h2,7,10-14,16H,1,9H2,3-6H3,(H,25,28). The van der Waals surface area contributed by atoms with Crippen molar-refractivity contribution in [3.05, 3.63) is 48.2 Å². The molecule has 1 aromatic carbocycles. The normalized spacial score (nSPS) is 12.4. The summed E-state index contributed by atoms with van der Waals surface area (Å²) in [6.07, 6.45) is 10.1. The molecule has 2 aromatic rings. The summed E-state index contributed by atoms with van der Waals surface area (Å²) in [5.74, 6) is 3.31. The van der Waals surface area contributed by atoms with Gasteiger partial charge < -0.3 is 14.9 Å². The van der Waals surface area contributed by atoms with Crippen molar-refractivity contribution in [1.29, 1.82) is 0 Å². The predicted octanol–water partition coefficient (Wildman–Crippen LogP) is 4.18. The van der Waals surface area contributed by atoms with Crippen molar-refractivity contribution in [2.75, 3.05) is 6.61 Å². The van der Waals surface area contributed by atoms with E-state index in [1.54, 1.807) is 18.5 Å². The fourth-order valence-electron chi connectivity index (χ4n) is 2.52. The molecule has 0 aliphatic heterocycles. The third-order valence-corrected chi connectivity index (χ3v) is 4.32. The van der Waals surface area contributed by atoms with Crippen LogP contribution in [0.2, 0.25) is 0 Å².